The van der Waals surface area contributed by atoms with Crippen molar-refractivity contribution in [1.29, 1.82) is 0 Å². The molecule has 1 atom stereocenters. The Morgan fingerprint density at radius 2 is 1.81 bits per heavy atom. The van der Waals surface area contributed by atoms with Gasteiger partial charge in [-0.1, -0.05) is 56.1 Å². The van der Waals surface area contributed by atoms with Crippen molar-refractivity contribution in [2.75, 3.05) is 13.2 Å². The zero-order valence-corrected chi connectivity index (χ0v) is 19.3. The summed E-state index contributed by atoms with van der Waals surface area (Å²) >= 11 is 12.0. The Balaban J connectivity index is 2.20. The van der Waals surface area contributed by atoms with E-state index in [0.29, 0.717) is 29.3 Å². The number of nitrogens with zero attached hydrogens (tertiary/aromatic N) is 1. The van der Waals surface area contributed by atoms with Crippen LogP contribution in [0.15, 0.2) is 42.5 Å². The van der Waals surface area contributed by atoms with Gasteiger partial charge in [-0.3, -0.25) is 9.59 Å². The molecule has 0 aliphatic heterocycles. The Morgan fingerprint density at radius 3 is 2.39 bits per heavy atom. The van der Waals surface area contributed by atoms with E-state index in [9.17, 15) is 14.0 Å². The summed E-state index contributed by atoms with van der Waals surface area (Å²) in [5.41, 5.74) is 0.703. The lowest BCUT2D eigenvalue weighted by Crippen LogP contribution is -2.50. The molecule has 0 aliphatic rings. The van der Waals surface area contributed by atoms with Crippen LogP contribution in [0.3, 0.4) is 0 Å². The Labute approximate surface area is 192 Å². The number of halogens is 3. The molecular formula is C23H27Cl2FN2O3. The van der Waals surface area contributed by atoms with Crippen LogP contribution in [0.4, 0.5) is 4.39 Å². The average Bonchev–Trinajstić information content (AvgIpc) is 2.72. The highest BCUT2D eigenvalue weighted by molar-refractivity contribution is 6.35. The standard InChI is InChI=1S/C23H27Cl2FN2O3/c1-4-20(23(30)27-12-15(2)3)28(13-16-5-8-18(26)9-6-16)22(29)14-31-21-10-7-17(24)11-19(21)25/h5-11,15,20H,4,12-14H2,1-3H3,(H,27,30)/t20-/m1/s1. The Hall–Kier alpha value is -2.31. The van der Waals surface area contributed by atoms with Gasteiger partial charge in [0.1, 0.15) is 17.6 Å². The molecule has 0 unspecified atom stereocenters. The molecular weight excluding hydrogens is 442 g/mol. The summed E-state index contributed by atoms with van der Waals surface area (Å²) in [6.45, 7) is 6.16. The number of carbonyl (C=O) groups excluding carboxylic acids is 2. The number of nitrogens with one attached hydrogen (secondary N) is 1. The van der Waals surface area contributed by atoms with Crippen molar-refractivity contribution < 1.29 is 18.7 Å². The molecule has 31 heavy (non-hydrogen) atoms. The molecule has 0 heterocycles. The molecule has 0 saturated heterocycles. The first kappa shape index (κ1) is 25.0. The average molecular weight is 469 g/mol. The van der Waals surface area contributed by atoms with Crippen LogP contribution in [0, 0.1) is 11.7 Å². The molecule has 0 aliphatic carbocycles. The van der Waals surface area contributed by atoms with Crippen molar-refractivity contribution in [3.63, 3.8) is 0 Å². The van der Waals surface area contributed by atoms with Crippen LogP contribution in [0.25, 0.3) is 0 Å². The van der Waals surface area contributed by atoms with Gasteiger partial charge < -0.3 is 15.0 Å². The monoisotopic (exact) mass is 468 g/mol. The van der Waals surface area contributed by atoms with E-state index in [-0.39, 0.29) is 41.7 Å². The van der Waals surface area contributed by atoms with Crippen LogP contribution in [0.2, 0.25) is 10.0 Å². The van der Waals surface area contributed by atoms with Crippen LogP contribution in [-0.4, -0.2) is 35.9 Å². The third kappa shape index (κ3) is 7.71. The zero-order chi connectivity index (χ0) is 23.0. The van der Waals surface area contributed by atoms with Gasteiger partial charge in [0, 0.05) is 18.1 Å². The van der Waals surface area contributed by atoms with Gasteiger partial charge >= 0.3 is 0 Å². The second kappa shape index (κ2) is 11.9. The number of hydrogen-bond donors (Lipinski definition) is 1. The van der Waals surface area contributed by atoms with Gasteiger partial charge in [0.15, 0.2) is 6.61 Å². The number of ether oxygens (including phenoxy) is 1. The fraction of sp³-hybridized carbons (Fsp3) is 0.391. The smallest absolute Gasteiger partial charge is 0.261 e. The number of carbonyl (C=O) groups is 2. The first-order chi connectivity index (χ1) is 14.7. The topological polar surface area (TPSA) is 58.6 Å². The Morgan fingerprint density at radius 1 is 1.13 bits per heavy atom. The van der Waals surface area contributed by atoms with E-state index in [2.05, 4.69) is 5.32 Å². The first-order valence-corrected chi connectivity index (χ1v) is 10.9. The quantitative estimate of drug-likeness (QED) is 0.528. The molecule has 0 saturated carbocycles. The SMILES string of the molecule is CC[C@H](C(=O)NCC(C)C)N(Cc1ccc(F)cc1)C(=O)COc1ccc(Cl)cc1Cl. The van der Waals surface area contributed by atoms with Gasteiger partial charge in [0.2, 0.25) is 5.91 Å². The zero-order valence-electron chi connectivity index (χ0n) is 17.8. The van der Waals surface area contributed by atoms with Crippen LogP contribution in [-0.2, 0) is 16.1 Å². The van der Waals surface area contributed by atoms with E-state index in [4.69, 9.17) is 27.9 Å². The number of benzene rings is 2. The molecule has 0 fully saturated rings. The maximum absolute atomic E-state index is 13.3. The van der Waals surface area contributed by atoms with Gasteiger partial charge in [0.05, 0.1) is 5.02 Å². The van der Waals surface area contributed by atoms with Crippen molar-refractivity contribution in [1.82, 2.24) is 10.2 Å². The summed E-state index contributed by atoms with van der Waals surface area (Å²) in [6, 6.07) is 9.83. The largest absolute Gasteiger partial charge is 0.482 e. The normalized spacial score (nSPS) is 11.8. The molecule has 2 aromatic rings. The van der Waals surface area contributed by atoms with Gasteiger partial charge in [-0.2, -0.15) is 0 Å². The maximum atomic E-state index is 13.3. The fourth-order valence-electron chi connectivity index (χ4n) is 2.94. The van der Waals surface area contributed by atoms with Crippen LogP contribution in [0.5, 0.6) is 5.75 Å². The van der Waals surface area contributed by atoms with Crippen LogP contribution < -0.4 is 10.1 Å². The van der Waals surface area contributed by atoms with E-state index in [0.717, 1.165) is 0 Å². The lowest BCUT2D eigenvalue weighted by atomic mass is 10.1. The number of hydrogen-bond acceptors (Lipinski definition) is 3. The highest BCUT2D eigenvalue weighted by atomic mass is 35.5. The number of amides is 2. The van der Waals surface area contributed by atoms with Crippen molar-refractivity contribution in [2.45, 2.75) is 39.8 Å². The minimum atomic E-state index is -0.694. The Bertz CT molecular complexity index is 891. The molecule has 1 N–H and O–H groups in total. The summed E-state index contributed by atoms with van der Waals surface area (Å²) in [4.78, 5) is 27.3. The van der Waals surface area contributed by atoms with E-state index >= 15 is 0 Å². The summed E-state index contributed by atoms with van der Waals surface area (Å²) in [5.74, 6) is -0.404. The molecule has 0 bridgehead atoms. The molecule has 8 heteroatoms. The van der Waals surface area contributed by atoms with E-state index in [1.54, 1.807) is 24.3 Å². The minimum Gasteiger partial charge on any atom is -0.482 e. The predicted molar refractivity (Wildman–Crippen MR) is 121 cm³/mol. The summed E-state index contributed by atoms with van der Waals surface area (Å²) in [7, 11) is 0. The van der Waals surface area contributed by atoms with Crippen molar-refractivity contribution >= 4 is 35.0 Å². The maximum Gasteiger partial charge on any atom is 0.261 e. The van der Waals surface area contributed by atoms with E-state index < -0.39 is 6.04 Å². The van der Waals surface area contributed by atoms with Crippen LogP contribution in [0.1, 0.15) is 32.8 Å². The molecule has 2 amide bonds. The minimum absolute atomic E-state index is 0.143. The first-order valence-electron chi connectivity index (χ1n) is 10.1. The summed E-state index contributed by atoms with van der Waals surface area (Å²) in [6.07, 6.45) is 0.415. The molecule has 0 spiro atoms. The Kier molecular flexibility index (Phi) is 9.59. The van der Waals surface area contributed by atoms with Crippen molar-refractivity contribution in [2.24, 2.45) is 5.92 Å². The lowest BCUT2D eigenvalue weighted by Gasteiger charge is -2.31. The third-order valence-electron chi connectivity index (χ3n) is 4.58. The summed E-state index contributed by atoms with van der Waals surface area (Å²) in [5, 5.41) is 3.62. The second-order valence-corrected chi connectivity index (χ2v) is 8.42. The molecule has 2 rings (SSSR count). The van der Waals surface area contributed by atoms with Crippen LogP contribution >= 0.6 is 23.2 Å². The molecule has 0 aromatic heterocycles. The van der Waals surface area contributed by atoms with Crippen molar-refractivity contribution in [3.8, 4) is 5.75 Å². The van der Waals surface area contributed by atoms with Gasteiger partial charge in [-0.15, -0.1) is 0 Å². The van der Waals surface area contributed by atoms with Gasteiger partial charge in [-0.25, -0.2) is 4.39 Å². The van der Waals surface area contributed by atoms with E-state index in [1.165, 1.54) is 23.1 Å². The van der Waals surface area contributed by atoms with E-state index in [1.807, 2.05) is 20.8 Å². The van der Waals surface area contributed by atoms with Gasteiger partial charge in [0.25, 0.3) is 5.91 Å². The lowest BCUT2D eigenvalue weighted by molar-refractivity contribution is -0.143. The highest BCUT2D eigenvalue weighted by Gasteiger charge is 2.29. The second-order valence-electron chi connectivity index (χ2n) is 7.57. The predicted octanol–water partition coefficient (Wildman–Crippen LogP) is 5.09. The van der Waals surface area contributed by atoms with Crippen molar-refractivity contribution in [3.05, 3.63) is 63.9 Å². The molecule has 5 nitrogen and oxygen atoms in total. The molecule has 2 aromatic carbocycles. The summed E-state index contributed by atoms with van der Waals surface area (Å²) < 4.78 is 18.9. The fourth-order valence-corrected chi connectivity index (χ4v) is 3.41. The van der Waals surface area contributed by atoms with Gasteiger partial charge in [-0.05, 0) is 48.2 Å². The highest BCUT2D eigenvalue weighted by Crippen LogP contribution is 2.27. The molecule has 168 valence electrons. The number of rotatable bonds is 10. The third-order valence-corrected chi connectivity index (χ3v) is 5.11. The molecule has 0 radical (unpaired) electrons.